The predicted octanol–water partition coefficient (Wildman–Crippen LogP) is 6.85. The predicted molar refractivity (Wildman–Crippen MR) is 117 cm³/mol. The largest absolute Gasteiger partial charge is 0.0613 e. The van der Waals surface area contributed by atoms with Crippen molar-refractivity contribution in [2.45, 2.75) is 92.9 Å². The van der Waals surface area contributed by atoms with Gasteiger partial charge in [-0.2, -0.15) is 0 Å². The molecule has 0 aliphatic heterocycles. The minimum absolute atomic E-state index is 1.13. The second kappa shape index (κ2) is 9.95. The highest BCUT2D eigenvalue weighted by Gasteiger charge is 2.12. The smallest absolute Gasteiger partial charge is 0.0235 e. The molecule has 0 aromatic heterocycles. The lowest BCUT2D eigenvalue weighted by molar-refractivity contribution is 0.877. The first kappa shape index (κ1) is 20.7. The minimum Gasteiger partial charge on any atom is -0.0613 e. The summed E-state index contributed by atoms with van der Waals surface area (Å²) in [6.45, 7) is 13.8. The van der Waals surface area contributed by atoms with Crippen LogP contribution in [0.3, 0.4) is 0 Å². The van der Waals surface area contributed by atoms with Gasteiger partial charge in [0, 0.05) is 0 Å². The molecule has 142 valence electrons. The van der Waals surface area contributed by atoms with Gasteiger partial charge in [0.2, 0.25) is 0 Å². The van der Waals surface area contributed by atoms with Crippen LogP contribution >= 0.6 is 0 Å². The van der Waals surface area contributed by atoms with Crippen molar-refractivity contribution < 1.29 is 0 Å². The van der Waals surface area contributed by atoms with Crippen LogP contribution in [0, 0.1) is 0 Å². The molecule has 0 saturated carbocycles. The Labute approximate surface area is 162 Å². The highest BCUT2D eigenvalue weighted by molar-refractivity contribution is 5.43. The third-order valence-electron chi connectivity index (χ3n) is 5.94. The Morgan fingerprint density at radius 1 is 0.423 bits per heavy atom. The zero-order valence-electron chi connectivity index (χ0n) is 18.0. The quantitative estimate of drug-likeness (QED) is 0.464. The van der Waals surface area contributed by atoms with Crippen LogP contribution in [0.25, 0.3) is 0 Å². The van der Waals surface area contributed by atoms with E-state index < -0.39 is 0 Å². The van der Waals surface area contributed by atoms with Crippen molar-refractivity contribution in [2.75, 3.05) is 0 Å². The Morgan fingerprint density at radius 3 is 1.04 bits per heavy atom. The summed E-state index contributed by atoms with van der Waals surface area (Å²) < 4.78 is 0. The monoisotopic (exact) mass is 350 g/mol. The van der Waals surface area contributed by atoms with E-state index in [1.54, 1.807) is 33.4 Å². The fraction of sp³-hybridized carbons (Fsp3) is 0.538. The summed E-state index contributed by atoms with van der Waals surface area (Å²) >= 11 is 0. The van der Waals surface area contributed by atoms with Crippen molar-refractivity contribution in [2.24, 2.45) is 0 Å². The van der Waals surface area contributed by atoms with E-state index in [1.165, 1.54) is 24.0 Å². The lowest BCUT2D eigenvalue weighted by atomic mass is 9.87. The molecule has 0 fully saturated rings. The van der Waals surface area contributed by atoms with E-state index in [0.717, 1.165) is 38.5 Å². The zero-order valence-corrected chi connectivity index (χ0v) is 18.0. The average molecular weight is 351 g/mol. The number of benzene rings is 2. The molecule has 0 atom stereocenters. The summed E-state index contributed by atoms with van der Waals surface area (Å²) in [5.74, 6) is 0. The first-order valence-electron chi connectivity index (χ1n) is 10.9. The first-order valence-corrected chi connectivity index (χ1v) is 10.9. The fourth-order valence-corrected chi connectivity index (χ4v) is 4.40. The Kier molecular flexibility index (Phi) is 7.94. The van der Waals surface area contributed by atoms with E-state index in [-0.39, 0.29) is 0 Å². The van der Waals surface area contributed by atoms with E-state index in [1.807, 2.05) is 0 Å². The van der Waals surface area contributed by atoms with E-state index in [4.69, 9.17) is 0 Å². The van der Waals surface area contributed by atoms with Crippen LogP contribution in [0.1, 0.15) is 86.1 Å². The molecule has 0 aliphatic carbocycles. The van der Waals surface area contributed by atoms with E-state index >= 15 is 0 Å². The van der Waals surface area contributed by atoms with Gasteiger partial charge in [-0.25, -0.2) is 0 Å². The van der Waals surface area contributed by atoms with Crippen molar-refractivity contribution in [3.8, 4) is 0 Å². The molecule has 2 rings (SSSR count). The maximum atomic E-state index is 2.48. The van der Waals surface area contributed by atoms with Gasteiger partial charge in [0.25, 0.3) is 0 Å². The van der Waals surface area contributed by atoms with Crippen molar-refractivity contribution in [1.82, 2.24) is 0 Å². The van der Waals surface area contributed by atoms with Gasteiger partial charge < -0.3 is 0 Å². The molecule has 0 amide bonds. The molecule has 0 aliphatic rings. The Balaban J connectivity index is 2.39. The number of aryl methyl sites for hydroxylation is 6. The Hall–Kier alpha value is -1.56. The molecule has 0 saturated heterocycles. The van der Waals surface area contributed by atoms with Gasteiger partial charge in [0.1, 0.15) is 0 Å². The van der Waals surface area contributed by atoms with Crippen LogP contribution in [0.15, 0.2) is 24.3 Å². The summed E-state index contributed by atoms with van der Waals surface area (Å²) in [6, 6.07) is 9.83. The van der Waals surface area contributed by atoms with Gasteiger partial charge in [0.05, 0.1) is 0 Å². The number of rotatable bonds is 9. The molecule has 0 bridgehead atoms. The molecule has 0 N–H and O–H groups in total. The van der Waals surface area contributed by atoms with Gasteiger partial charge in [-0.05, 0) is 95.9 Å². The molecule has 0 heteroatoms. The Bertz CT molecular complexity index is 658. The van der Waals surface area contributed by atoms with Crippen molar-refractivity contribution in [1.29, 1.82) is 0 Å². The maximum Gasteiger partial charge on any atom is -0.0235 e. The molecule has 0 radical (unpaired) electrons. The first-order chi connectivity index (χ1) is 12.6. The zero-order chi connectivity index (χ0) is 19.1. The van der Waals surface area contributed by atoms with Crippen molar-refractivity contribution in [3.63, 3.8) is 0 Å². The van der Waals surface area contributed by atoms with E-state index in [2.05, 4.69) is 65.8 Å². The topological polar surface area (TPSA) is 0 Å². The fourth-order valence-electron chi connectivity index (χ4n) is 4.40. The standard InChI is InChI=1S/C26H38/c1-7-19-15-21(9-3)25(11-5)23(17-19)13-14-24-18-20(8-2)16-22(10-4)26(24)12-6/h15-18H,7-14H2,1-6H3. The molecule has 0 heterocycles. The van der Waals surface area contributed by atoms with Gasteiger partial charge in [-0.15, -0.1) is 0 Å². The second-order valence-electron chi connectivity index (χ2n) is 7.41. The summed E-state index contributed by atoms with van der Waals surface area (Å²) in [5, 5.41) is 0. The summed E-state index contributed by atoms with van der Waals surface area (Å²) in [5.41, 5.74) is 12.5. The maximum absolute atomic E-state index is 2.48. The molecular formula is C26H38. The second-order valence-corrected chi connectivity index (χ2v) is 7.41. The highest BCUT2D eigenvalue weighted by Crippen LogP contribution is 2.25. The van der Waals surface area contributed by atoms with Crippen LogP contribution in [0.4, 0.5) is 0 Å². The van der Waals surface area contributed by atoms with Crippen LogP contribution in [-0.4, -0.2) is 0 Å². The molecule has 0 nitrogen and oxygen atoms in total. The molecular weight excluding hydrogens is 312 g/mol. The minimum atomic E-state index is 1.13. The Morgan fingerprint density at radius 2 is 0.769 bits per heavy atom. The SMILES string of the molecule is CCc1cc(CC)c(CC)c(CCc2cc(CC)cc(CC)c2CC)c1. The van der Waals surface area contributed by atoms with Crippen LogP contribution in [0.2, 0.25) is 0 Å². The van der Waals surface area contributed by atoms with E-state index in [9.17, 15) is 0 Å². The van der Waals surface area contributed by atoms with Crippen LogP contribution < -0.4 is 0 Å². The van der Waals surface area contributed by atoms with Gasteiger partial charge in [-0.3, -0.25) is 0 Å². The molecule has 2 aromatic carbocycles. The normalized spacial score (nSPS) is 11.2. The summed E-state index contributed by atoms with van der Waals surface area (Å²) in [4.78, 5) is 0. The average Bonchev–Trinajstić information content (AvgIpc) is 2.70. The molecule has 2 aromatic rings. The third kappa shape index (κ3) is 4.58. The van der Waals surface area contributed by atoms with Crippen LogP contribution in [0.5, 0.6) is 0 Å². The van der Waals surface area contributed by atoms with Gasteiger partial charge >= 0.3 is 0 Å². The van der Waals surface area contributed by atoms with Gasteiger partial charge in [-0.1, -0.05) is 65.8 Å². The van der Waals surface area contributed by atoms with Crippen molar-refractivity contribution in [3.05, 3.63) is 68.8 Å². The number of hydrogen-bond acceptors (Lipinski definition) is 0. The number of hydrogen-bond donors (Lipinski definition) is 0. The lowest BCUT2D eigenvalue weighted by Crippen LogP contribution is -2.06. The third-order valence-corrected chi connectivity index (χ3v) is 5.94. The summed E-state index contributed by atoms with van der Waals surface area (Å²) in [6.07, 6.45) is 9.22. The van der Waals surface area contributed by atoms with E-state index in [0.29, 0.717) is 0 Å². The molecule has 0 unspecified atom stereocenters. The van der Waals surface area contributed by atoms with Crippen molar-refractivity contribution >= 4 is 0 Å². The summed E-state index contributed by atoms with van der Waals surface area (Å²) in [7, 11) is 0. The van der Waals surface area contributed by atoms with Crippen LogP contribution in [-0.2, 0) is 51.4 Å². The lowest BCUT2D eigenvalue weighted by Gasteiger charge is -2.18. The molecule has 26 heavy (non-hydrogen) atoms. The van der Waals surface area contributed by atoms with Gasteiger partial charge in [0.15, 0.2) is 0 Å². The molecule has 0 spiro atoms. The highest BCUT2D eigenvalue weighted by atomic mass is 14.2.